The number of nitrogens with zero attached hydrogens (tertiary/aromatic N) is 1. The van der Waals surface area contributed by atoms with E-state index in [1.165, 1.54) is 42.8 Å². The van der Waals surface area contributed by atoms with Crippen molar-refractivity contribution in [3.63, 3.8) is 0 Å². The van der Waals surface area contributed by atoms with Crippen LogP contribution in [0.1, 0.15) is 44.6 Å². The molecule has 21 heavy (non-hydrogen) atoms. The zero-order valence-corrected chi connectivity index (χ0v) is 13.7. The highest BCUT2D eigenvalue weighted by atomic mass is 32.2. The van der Waals surface area contributed by atoms with Crippen molar-refractivity contribution >= 4 is 16.9 Å². The summed E-state index contributed by atoms with van der Waals surface area (Å²) in [5, 5.41) is 4.90. The molecule has 0 bridgehead atoms. The summed E-state index contributed by atoms with van der Waals surface area (Å²) in [5.74, 6) is 2.03. The molecule has 3 heteroatoms. The Bertz CT molecular complexity index is 471. The van der Waals surface area contributed by atoms with Gasteiger partial charge in [0.1, 0.15) is 0 Å². The van der Waals surface area contributed by atoms with E-state index in [1.54, 1.807) is 0 Å². The number of hydrogen-bond donors (Lipinski definition) is 1. The third kappa shape index (κ3) is 4.50. The minimum absolute atomic E-state index is 0.449. The summed E-state index contributed by atoms with van der Waals surface area (Å²) in [4.78, 5) is 4.90. The summed E-state index contributed by atoms with van der Waals surface area (Å²) in [6.07, 6.45) is 7.82. The van der Waals surface area contributed by atoms with Crippen LogP contribution in [-0.2, 0) is 6.42 Å². The van der Waals surface area contributed by atoms with Gasteiger partial charge in [0, 0.05) is 11.8 Å². The molecule has 0 spiro atoms. The highest BCUT2D eigenvalue weighted by Gasteiger charge is 2.22. The van der Waals surface area contributed by atoms with Gasteiger partial charge in [0.25, 0.3) is 0 Å². The van der Waals surface area contributed by atoms with Crippen LogP contribution in [0.3, 0.4) is 0 Å². The molecule has 0 aromatic heterocycles. The molecule has 1 N–H and O–H groups in total. The van der Waals surface area contributed by atoms with Gasteiger partial charge in [-0.3, -0.25) is 4.99 Å². The average molecular weight is 302 g/mol. The number of aliphatic imine (C=N–C) groups is 1. The second-order valence-electron chi connectivity index (χ2n) is 6.54. The van der Waals surface area contributed by atoms with Crippen LogP contribution in [0.15, 0.2) is 35.3 Å². The molecule has 2 aliphatic rings. The minimum Gasteiger partial charge on any atom is -0.362 e. The highest BCUT2D eigenvalue weighted by molar-refractivity contribution is 8.14. The summed E-state index contributed by atoms with van der Waals surface area (Å²) in [6.45, 7) is 2.39. The SMILES string of the molecule is CC1CCCC(NC2=NC(Cc3ccccc3)CS2)CC1. The monoisotopic (exact) mass is 302 g/mol. The lowest BCUT2D eigenvalue weighted by Crippen LogP contribution is -2.32. The minimum atomic E-state index is 0.449. The first kappa shape index (κ1) is 15.0. The Labute approximate surface area is 132 Å². The highest BCUT2D eigenvalue weighted by Crippen LogP contribution is 2.25. The van der Waals surface area contributed by atoms with Crippen molar-refractivity contribution in [2.24, 2.45) is 10.9 Å². The van der Waals surface area contributed by atoms with Gasteiger partial charge in [0.05, 0.1) is 6.04 Å². The molecule has 1 heterocycles. The summed E-state index contributed by atoms with van der Waals surface area (Å²) >= 11 is 1.91. The maximum Gasteiger partial charge on any atom is 0.157 e. The standard InChI is InChI=1S/C18H26N2S/c1-14-6-5-9-16(11-10-14)19-18-20-17(13-21-18)12-15-7-3-2-4-8-15/h2-4,7-8,14,16-17H,5-6,9-13H2,1H3,(H,19,20). The van der Waals surface area contributed by atoms with E-state index < -0.39 is 0 Å². The molecule has 1 saturated carbocycles. The van der Waals surface area contributed by atoms with Crippen molar-refractivity contribution in [3.05, 3.63) is 35.9 Å². The fourth-order valence-corrected chi connectivity index (χ4v) is 4.31. The van der Waals surface area contributed by atoms with Gasteiger partial charge in [-0.15, -0.1) is 0 Å². The normalized spacial score (nSPS) is 29.8. The first-order valence-electron chi connectivity index (χ1n) is 8.30. The molecule has 0 saturated heterocycles. The van der Waals surface area contributed by atoms with Gasteiger partial charge in [-0.1, -0.05) is 61.9 Å². The van der Waals surface area contributed by atoms with Crippen LogP contribution in [0.4, 0.5) is 0 Å². The van der Waals surface area contributed by atoms with Crippen LogP contribution in [0.25, 0.3) is 0 Å². The number of benzene rings is 1. The molecule has 0 amide bonds. The largest absolute Gasteiger partial charge is 0.362 e. The van der Waals surface area contributed by atoms with E-state index >= 15 is 0 Å². The number of amidine groups is 1. The van der Waals surface area contributed by atoms with Crippen molar-refractivity contribution in [1.82, 2.24) is 5.32 Å². The molecule has 0 radical (unpaired) electrons. The van der Waals surface area contributed by atoms with E-state index in [-0.39, 0.29) is 0 Å². The topological polar surface area (TPSA) is 24.4 Å². The van der Waals surface area contributed by atoms with Gasteiger partial charge in [-0.2, -0.15) is 0 Å². The summed E-state index contributed by atoms with van der Waals surface area (Å²) in [6, 6.07) is 11.8. The average Bonchev–Trinajstić information content (AvgIpc) is 2.82. The lowest BCUT2D eigenvalue weighted by Gasteiger charge is -2.16. The predicted octanol–water partition coefficient (Wildman–Crippen LogP) is 4.26. The summed E-state index contributed by atoms with van der Waals surface area (Å²) in [7, 11) is 0. The summed E-state index contributed by atoms with van der Waals surface area (Å²) in [5.41, 5.74) is 1.40. The van der Waals surface area contributed by atoms with Crippen LogP contribution in [0, 0.1) is 5.92 Å². The Morgan fingerprint density at radius 2 is 2.00 bits per heavy atom. The molecular formula is C18H26N2S. The van der Waals surface area contributed by atoms with E-state index in [1.807, 2.05) is 11.8 Å². The first-order chi connectivity index (χ1) is 10.3. The van der Waals surface area contributed by atoms with Crippen molar-refractivity contribution in [2.45, 2.75) is 57.5 Å². The van der Waals surface area contributed by atoms with Crippen molar-refractivity contribution < 1.29 is 0 Å². The van der Waals surface area contributed by atoms with Crippen LogP contribution in [0.5, 0.6) is 0 Å². The Kier molecular flexibility index (Phi) is 5.23. The Morgan fingerprint density at radius 1 is 1.14 bits per heavy atom. The molecule has 3 atom stereocenters. The lowest BCUT2D eigenvalue weighted by molar-refractivity contribution is 0.490. The zero-order chi connectivity index (χ0) is 14.5. The third-order valence-electron chi connectivity index (χ3n) is 4.61. The maximum atomic E-state index is 4.90. The fourth-order valence-electron chi connectivity index (χ4n) is 3.29. The van der Waals surface area contributed by atoms with Crippen LogP contribution in [-0.4, -0.2) is 23.0 Å². The van der Waals surface area contributed by atoms with Gasteiger partial charge in [-0.05, 0) is 37.2 Å². The lowest BCUT2D eigenvalue weighted by atomic mass is 10.0. The fraction of sp³-hybridized carbons (Fsp3) is 0.611. The summed E-state index contributed by atoms with van der Waals surface area (Å²) < 4.78 is 0. The van der Waals surface area contributed by atoms with Gasteiger partial charge in [0.15, 0.2) is 5.17 Å². The van der Waals surface area contributed by atoms with E-state index in [0.29, 0.717) is 12.1 Å². The molecule has 1 aliphatic carbocycles. The van der Waals surface area contributed by atoms with E-state index in [9.17, 15) is 0 Å². The molecule has 2 nitrogen and oxygen atoms in total. The van der Waals surface area contributed by atoms with Crippen LogP contribution >= 0.6 is 11.8 Å². The molecule has 1 aromatic carbocycles. The molecule has 3 unspecified atom stereocenters. The number of hydrogen-bond acceptors (Lipinski definition) is 3. The molecular weight excluding hydrogens is 276 g/mol. The first-order valence-corrected chi connectivity index (χ1v) is 9.29. The molecule has 1 fully saturated rings. The van der Waals surface area contributed by atoms with Gasteiger partial charge < -0.3 is 5.32 Å². The Morgan fingerprint density at radius 3 is 2.86 bits per heavy atom. The van der Waals surface area contributed by atoms with E-state index in [4.69, 9.17) is 4.99 Å². The van der Waals surface area contributed by atoms with Gasteiger partial charge in [0.2, 0.25) is 0 Å². The number of rotatable bonds is 3. The van der Waals surface area contributed by atoms with E-state index in [0.717, 1.165) is 18.1 Å². The quantitative estimate of drug-likeness (QED) is 0.844. The molecule has 114 valence electrons. The second-order valence-corrected chi connectivity index (χ2v) is 7.55. The second kappa shape index (κ2) is 7.35. The van der Waals surface area contributed by atoms with Gasteiger partial charge in [-0.25, -0.2) is 0 Å². The predicted molar refractivity (Wildman–Crippen MR) is 93.0 cm³/mol. The zero-order valence-electron chi connectivity index (χ0n) is 12.9. The Hall–Kier alpha value is -0.960. The molecule has 3 rings (SSSR count). The van der Waals surface area contributed by atoms with Crippen LogP contribution in [0.2, 0.25) is 0 Å². The van der Waals surface area contributed by atoms with Crippen molar-refractivity contribution in [2.75, 3.05) is 5.75 Å². The van der Waals surface area contributed by atoms with Gasteiger partial charge >= 0.3 is 0 Å². The third-order valence-corrected chi connectivity index (χ3v) is 5.66. The Balaban J connectivity index is 1.51. The maximum absolute atomic E-state index is 4.90. The van der Waals surface area contributed by atoms with Crippen molar-refractivity contribution in [3.8, 4) is 0 Å². The molecule has 1 aliphatic heterocycles. The molecule has 1 aromatic rings. The van der Waals surface area contributed by atoms with Crippen LogP contribution < -0.4 is 5.32 Å². The smallest absolute Gasteiger partial charge is 0.157 e. The number of nitrogens with one attached hydrogen (secondary N) is 1. The van der Waals surface area contributed by atoms with E-state index in [2.05, 4.69) is 42.6 Å². The number of thioether (sulfide) groups is 1. The van der Waals surface area contributed by atoms with Crippen molar-refractivity contribution in [1.29, 1.82) is 0 Å².